The van der Waals surface area contributed by atoms with E-state index in [0.717, 1.165) is 9.28 Å². The first-order valence-corrected chi connectivity index (χ1v) is 6.47. The molecule has 0 unspecified atom stereocenters. The van der Waals surface area contributed by atoms with Crippen LogP contribution in [-0.4, -0.2) is 9.28 Å². The predicted octanol–water partition coefficient (Wildman–Crippen LogP) is 4.29. The van der Waals surface area contributed by atoms with E-state index < -0.39 is 0 Å². The molecule has 4 heteroatoms. The summed E-state index contributed by atoms with van der Waals surface area (Å²) >= 11 is 10.6. The van der Waals surface area contributed by atoms with E-state index in [-0.39, 0.29) is 17.1 Å². The van der Waals surface area contributed by atoms with E-state index in [2.05, 4.69) is 19.6 Å². The van der Waals surface area contributed by atoms with Crippen molar-refractivity contribution in [2.24, 2.45) is 0 Å². The minimum absolute atomic E-state index is 0. The van der Waals surface area contributed by atoms with Gasteiger partial charge in [0.1, 0.15) is 3.53 Å². The molecule has 0 amide bonds. The van der Waals surface area contributed by atoms with E-state index in [1.807, 2.05) is 0 Å². The quantitative estimate of drug-likeness (QED) is 0.319. The van der Waals surface area contributed by atoms with Crippen LogP contribution in [0.4, 0.5) is 0 Å². The number of thiol groups is 1. The van der Waals surface area contributed by atoms with Crippen LogP contribution in [0.25, 0.3) is 0 Å². The third kappa shape index (κ3) is 16.0. The van der Waals surface area contributed by atoms with Crippen molar-refractivity contribution in [3.63, 3.8) is 0 Å². The molecule has 0 aliphatic heterocycles. The summed E-state index contributed by atoms with van der Waals surface area (Å²) < 4.78 is 0.781. The smallest absolute Gasteiger partial charge is 0.101 e. The summed E-state index contributed by atoms with van der Waals surface area (Å²) in [7, 11) is 0. The average molecular weight is 278 g/mol. The second kappa shape index (κ2) is 13.3. The zero-order valence-electron chi connectivity index (χ0n) is 8.07. The standard InChI is InChI=1S/C9H18S3.Fe/c1-2-3-4-5-6-7-8-12-9(10)11;/h2-8H2,1H3,(H,10,11);. The molecule has 0 aliphatic rings. The Hall–Kier alpha value is 1.31. The van der Waals surface area contributed by atoms with Crippen molar-refractivity contribution in [3.8, 4) is 0 Å². The summed E-state index contributed by atoms with van der Waals surface area (Å²) in [5.41, 5.74) is 0. The summed E-state index contributed by atoms with van der Waals surface area (Å²) in [6.07, 6.45) is 8.13. The number of thiocarbonyl (C=S) groups is 1. The molecule has 80 valence electrons. The SMILES string of the molecule is CCCCCCCCSC(=S)S.[Fe]. The number of hydrogen-bond donors (Lipinski definition) is 1. The van der Waals surface area contributed by atoms with Gasteiger partial charge in [0, 0.05) is 17.1 Å². The van der Waals surface area contributed by atoms with Crippen LogP contribution >= 0.6 is 36.6 Å². The zero-order chi connectivity index (χ0) is 9.23. The van der Waals surface area contributed by atoms with Gasteiger partial charge in [-0.3, -0.25) is 0 Å². The van der Waals surface area contributed by atoms with Gasteiger partial charge in [-0.25, -0.2) is 0 Å². The third-order valence-electron chi connectivity index (χ3n) is 1.72. The molecule has 0 spiro atoms. The topological polar surface area (TPSA) is 0 Å². The molecule has 0 aromatic heterocycles. The normalized spacial score (nSPS) is 9.38. The number of rotatable bonds is 7. The van der Waals surface area contributed by atoms with Crippen molar-refractivity contribution in [2.45, 2.75) is 45.4 Å². The van der Waals surface area contributed by atoms with Crippen LogP contribution in [0, 0.1) is 0 Å². The van der Waals surface area contributed by atoms with E-state index in [1.54, 1.807) is 11.8 Å². The first-order chi connectivity index (χ1) is 5.77. The van der Waals surface area contributed by atoms with Crippen LogP contribution in [-0.2, 0) is 17.1 Å². The van der Waals surface area contributed by atoms with Gasteiger partial charge in [0.2, 0.25) is 0 Å². The molecule has 0 rings (SSSR count). The maximum absolute atomic E-state index is 4.84. The van der Waals surface area contributed by atoms with Crippen LogP contribution in [0.1, 0.15) is 45.4 Å². The fourth-order valence-electron chi connectivity index (χ4n) is 1.04. The van der Waals surface area contributed by atoms with Gasteiger partial charge in [0.15, 0.2) is 0 Å². The summed E-state index contributed by atoms with van der Waals surface area (Å²) in [6, 6.07) is 0. The summed E-state index contributed by atoms with van der Waals surface area (Å²) in [5, 5.41) is 0. The van der Waals surface area contributed by atoms with Crippen molar-refractivity contribution in [1.29, 1.82) is 0 Å². The fourth-order valence-corrected chi connectivity index (χ4v) is 2.09. The molecule has 0 nitrogen and oxygen atoms in total. The summed E-state index contributed by atoms with van der Waals surface area (Å²) in [5.74, 6) is 1.15. The fraction of sp³-hybridized carbons (Fsp3) is 0.889. The van der Waals surface area contributed by atoms with Crippen LogP contribution in [0.3, 0.4) is 0 Å². The minimum Gasteiger partial charge on any atom is -0.125 e. The number of hydrogen-bond acceptors (Lipinski definition) is 2. The summed E-state index contributed by atoms with van der Waals surface area (Å²) in [6.45, 7) is 2.25. The maximum Gasteiger partial charge on any atom is 0.101 e. The van der Waals surface area contributed by atoms with Gasteiger partial charge < -0.3 is 0 Å². The van der Waals surface area contributed by atoms with Gasteiger partial charge in [-0.2, -0.15) is 0 Å². The Labute approximate surface area is 108 Å². The van der Waals surface area contributed by atoms with Crippen molar-refractivity contribution < 1.29 is 17.1 Å². The van der Waals surface area contributed by atoms with E-state index >= 15 is 0 Å². The molecular weight excluding hydrogens is 260 g/mol. The van der Waals surface area contributed by atoms with Crippen LogP contribution in [0.15, 0.2) is 0 Å². The Morgan fingerprint density at radius 3 is 2.23 bits per heavy atom. The Morgan fingerprint density at radius 1 is 1.15 bits per heavy atom. The molecule has 0 saturated carbocycles. The number of thioether (sulfide) groups is 1. The molecule has 0 heterocycles. The molecule has 13 heavy (non-hydrogen) atoms. The largest absolute Gasteiger partial charge is 0.125 e. The van der Waals surface area contributed by atoms with Gasteiger partial charge >= 0.3 is 0 Å². The van der Waals surface area contributed by atoms with Crippen molar-refractivity contribution in [2.75, 3.05) is 5.75 Å². The first-order valence-electron chi connectivity index (χ1n) is 4.63. The Bertz CT molecular complexity index is 117. The Balaban J connectivity index is 0. The maximum atomic E-state index is 4.84. The zero-order valence-corrected chi connectivity index (χ0v) is 11.7. The van der Waals surface area contributed by atoms with Gasteiger partial charge in [0.05, 0.1) is 0 Å². The molecule has 0 aromatic rings. The molecule has 0 aromatic carbocycles. The van der Waals surface area contributed by atoms with E-state index in [0.29, 0.717) is 0 Å². The molecule has 0 fully saturated rings. The minimum atomic E-state index is 0. The summed E-state index contributed by atoms with van der Waals surface area (Å²) in [4.78, 5) is 0. The van der Waals surface area contributed by atoms with E-state index in [9.17, 15) is 0 Å². The van der Waals surface area contributed by atoms with Gasteiger partial charge in [-0.15, -0.1) is 24.4 Å². The number of unbranched alkanes of at least 4 members (excludes halogenated alkanes) is 5. The van der Waals surface area contributed by atoms with Crippen molar-refractivity contribution in [1.82, 2.24) is 0 Å². The molecule has 0 saturated heterocycles. The van der Waals surface area contributed by atoms with Gasteiger partial charge in [0.25, 0.3) is 0 Å². The van der Waals surface area contributed by atoms with Crippen molar-refractivity contribution in [3.05, 3.63) is 0 Å². The molecule has 0 bridgehead atoms. The predicted molar refractivity (Wildman–Crippen MR) is 67.4 cm³/mol. The van der Waals surface area contributed by atoms with Crippen molar-refractivity contribution >= 4 is 40.1 Å². The van der Waals surface area contributed by atoms with Gasteiger partial charge in [-0.05, 0) is 12.2 Å². The first kappa shape index (κ1) is 16.7. The van der Waals surface area contributed by atoms with Crippen LogP contribution in [0.5, 0.6) is 0 Å². The third-order valence-corrected chi connectivity index (χ3v) is 3.20. The second-order valence-corrected chi connectivity index (χ2v) is 5.71. The van der Waals surface area contributed by atoms with Gasteiger partial charge in [-0.1, -0.05) is 51.2 Å². The Morgan fingerprint density at radius 2 is 1.69 bits per heavy atom. The monoisotopic (exact) mass is 278 g/mol. The average Bonchev–Trinajstić information content (AvgIpc) is 2.02. The molecule has 0 aliphatic carbocycles. The molecular formula is C9H18FeS3. The molecule has 0 radical (unpaired) electrons. The Kier molecular flexibility index (Phi) is 17.1. The molecule has 0 N–H and O–H groups in total. The van der Waals surface area contributed by atoms with Crippen LogP contribution < -0.4 is 0 Å². The van der Waals surface area contributed by atoms with Crippen LogP contribution in [0.2, 0.25) is 0 Å². The molecule has 0 atom stereocenters. The second-order valence-electron chi connectivity index (χ2n) is 2.88. The van der Waals surface area contributed by atoms with E-state index in [1.165, 1.54) is 38.5 Å². The van der Waals surface area contributed by atoms with E-state index in [4.69, 9.17) is 12.2 Å².